The number of rotatable bonds is 3. The first-order chi connectivity index (χ1) is 7.83. The van der Waals surface area contributed by atoms with E-state index in [1.54, 1.807) is 6.20 Å². The minimum Gasteiger partial charge on any atom is -0.309 e. The second-order valence-corrected chi connectivity index (χ2v) is 4.86. The number of nitrogens with one attached hydrogen (secondary N) is 1. The first-order valence-electron chi connectivity index (χ1n) is 6.27. The Balaban J connectivity index is 2.19. The molecule has 16 heavy (non-hydrogen) atoms. The monoisotopic (exact) mass is 241 g/mol. The third kappa shape index (κ3) is 2.58. The van der Waals surface area contributed by atoms with Crippen molar-refractivity contribution < 1.29 is 0 Å². The Labute approximate surface area is 102 Å². The molecule has 0 aliphatic carbocycles. The highest BCUT2D eigenvalue weighted by Gasteiger charge is 2.20. The molecule has 1 aromatic heterocycles. The van der Waals surface area contributed by atoms with E-state index in [1.807, 2.05) is 0 Å². The molecule has 1 aliphatic heterocycles. The molecule has 4 heteroatoms. The first-order valence-corrected chi connectivity index (χ1v) is 6.65. The van der Waals surface area contributed by atoms with E-state index in [2.05, 4.69) is 22.0 Å². The van der Waals surface area contributed by atoms with Crippen molar-refractivity contribution >= 4 is 11.6 Å². The first kappa shape index (κ1) is 11.9. The summed E-state index contributed by atoms with van der Waals surface area (Å²) < 4.78 is 2.06. The molecule has 0 bridgehead atoms. The van der Waals surface area contributed by atoms with Crippen molar-refractivity contribution in [3.05, 3.63) is 16.9 Å². The van der Waals surface area contributed by atoms with Crippen LogP contribution in [0.1, 0.15) is 50.8 Å². The fourth-order valence-electron chi connectivity index (χ4n) is 2.37. The maximum atomic E-state index is 6.24. The number of aromatic nitrogens is 2. The molecule has 1 aromatic rings. The summed E-state index contributed by atoms with van der Waals surface area (Å²) in [5.41, 5.74) is 1.19. The summed E-state index contributed by atoms with van der Waals surface area (Å²) in [7, 11) is 0. The van der Waals surface area contributed by atoms with Crippen LogP contribution >= 0.6 is 11.6 Å². The van der Waals surface area contributed by atoms with Gasteiger partial charge in [-0.3, -0.25) is 4.68 Å². The van der Waals surface area contributed by atoms with Crippen molar-refractivity contribution in [2.45, 2.75) is 51.6 Å². The zero-order valence-corrected chi connectivity index (χ0v) is 10.6. The highest BCUT2D eigenvalue weighted by molar-refractivity contribution is 6.31. The molecule has 0 radical (unpaired) electrons. The van der Waals surface area contributed by atoms with E-state index in [0.717, 1.165) is 24.5 Å². The van der Waals surface area contributed by atoms with Gasteiger partial charge in [0.05, 0.1) is 23.0 Å². The second kappa shape index (κ2) is 5.69. The number of halogens is 1. The maximum absolute atomic E-state index is 6.24. The molecule has 1 saturated heterocycles. The minimum absolute atomic E-state index is 0.393. The number of hydrogen-bond donors (Lipinski definition) is 1. The van der Waals surface area contributed by atoms with E-state index < -0.39 is 0 Å². The highest BCUT2D eigenvalue weighted by atomic mass is 35.5. The van der Waals surface area contributed by atoms with Gasteiger partial charge in [-0.05, 0) is 25.8 Å². The van der Waals surface area contributed by atoms with Crippen LogP contribution in [0.4, 0.5) is 0 Å². The number of aryl methyl sites for hydroxylation is 1. The molecule has 1 fully saturated rings. The summed E-state index contributed by atoms with van der Waals surface area (Å²) in [6, 6.07) is 0.393. The van der Waals surface area contributed by atoms with Gasteiger partial charge in [0.15, 0.2) is 0 Å². The van der Waals surface area contributed by atoms with Gasteiger partial charge in [-0.15, -0.1) is 0 Å². The van der Waals surface area contributed by atoms with Crippen LogP contribution in [0.15, 0.2) is 6.20 Å². The number of nitrogens with zero attached hydrogens (tertiary/aromatic N) is 2. The molecule has 2 heterocycles. The van der Waals surface area contributed by atoms with Gasteiger partial charge < -0.3 is 5.32 Å². The van der Waals surface area contributed by atoms with Crippen LogP contribution in [0, 0.1) is 0 Å². The van der Waals surface area contributed by atoms with Crippen molar-refractivity contribution in [3.63, 3.8) is 0 Å². The minimum atomic E-state index is 0.393. The van der Waals surface area contributed by atoms with Gasteiger partial charge in [0, 0.05) is 6.54 Å². The van der Waals surface area contributed by atoms with Gasteiger partial charge in [-0.25, -0.2) is 0 Å². The molecular formula is C12H20ClN3. The summed E-state index contributed by atoms with van der Waals surface area (Å²) in [5, 5.41) is 8.75. The zero-order chi connectivity index (χ0) is 11.4. The normalized spacial score (nSPS) is 22.0. The summed E-state index contributed by atoms with van der Waals surface area (Å²) in [4.78, 5) is 0. The van der Waals surface area contributed by atoms with Crippen LogP contribution in [0.5, 0.6) is 0 Å². The molecule has 2 rings (SSSR count). The van der Waals surface area contributed by atoms with Gasteiger partial charge in [0.2, 0.25) is 0 Å². The van der Waals surface area contributed by atoms with Crippen LogP contribution in [-0.4, -0.2) is 16.3 Å². The van der Waals surface area contributed by atoms with Crippen LogP contribution in [0.25, 0.3) is 0 Å². The Kier molecular flexibility index (Phi) is 4.24. The lowest BCUT2D eigenvalue weighted by Crippen LogP contribution is -2.23. The molecule has 0 amide bonds. The quantitative estimate of drug-likeness (QED) is 0.881. The fraction of sp³-hybridized carbons (Fsp3) is 0.750. The van der Waals surface area contributed by atoms with Gasteiger partial charge in [0.1, 0.15) is 0 Å². The van der Waals surface area contributed by atoms with Gasteiger partial charge in [-0.1, -0.05) is 31.4 Å². The predicted octanol–water partition coefficient (Wildman–Crippen LogP) is 3.15. The molecule has 1 aliphatic rings. The largest absolute Gasteiger partial charge is 0.309 e. The van der Waals surface area contributed by atoms with Crippen molar-refractivity contribution in [3.8, 4) is 0 Å². The summed E-state index contributed by atoms with van der Waals surface area (Å²) in [6.45, 7) is 4.22. The molecule has 3 nitrogen and oxygen atoms in total. The van der Waals surface area contributed by atoms with E-state index in [-0.39, 0.29) is 0 Å². The smallest absolute Gasteiger partial charge is 0.0834 e. The predicted molar refractivity (Wildman–Crippen MR) is 66.7 cm³/mol. The Morgan fingerprint density at radius 2 is 2.38 bits per heavy atom. The molecule has 0 saturated carbocycles. The standard InChI is InChI=1S/C12H20ClN3/c1-2-8-16-12(10(13)9-15-16)11-6-4-3-5-7-14-11/h9,11,14H,2-8H2,1H3. The Morgan fingerprint density at radius 3 is 3.19 bits per heavy atom. The van der Waals surface area contributed by atoms with Crippen molar-refractivity contribution in [1.29, 1.82) is 0 Å². The average Bonchev–Trinajstić information content (AvgIpc) is 2.53. The zero-order valence-electron chi connectivity index (χ0n) is 9.88. The van der Waals surface area contributed by atoms with Crippen LogP contribution in [0.3, 0.4) is 0 Å². The third-order valence-electron chi connectivity index (χ3n) is 3.16. The van der Waals surface area contributed by atoms with E-state index in [9.17, 15) is 0 Å². The molecule has 1 atom stereocenters. The van der Waals surface area contributed by atoms with Crippen LogP contribution in [0.2, 0.25) is 5.02 Å². The van der Waals surface area contributed by atoms with Crippen LogP contribution in [-0.2, 0) is 6.54 Å². The molecule has 0 aromatic carbocycles. The van der Waals surface area contributed by atoms with E-state index >= 15 is 0 Å². The fourth-order valence-corrected chi connectivity index (χ4v) is 2.64. The van der Waals surface area contributed by atoms with Gasteiger partial charge >= 0.3 is 0 Å². The average molecular weight is 242 g/mol. The van der Waals surface area contributed by atoms with E-state index in [4.69, 9.17) is 11.6 Å². The SMILES string of the molecule is CCCn1ncc(Cl)c1C1CCCCCN1. The van der Waals surface area contributed by atoms with Crippen LogP contribution < -0.4 is 5.32 Å². The third-order valence-corrected chi connectivity index (χ3v) is 3.45. The topological polar surface area (TPSA) is 29.9 Å². The highest BCUT2D eigenvalue weighted by Crippen LogP contribution is 2.28. The summed E-state index contributed by atoms with van der Waals surface area (Å²) in [6.07, 6.45) is 7.93. The summed E-state index contributed by atoms with van der Waals surface area (Å²) >= 11 is 6.24. The van der Waals surface area contributed by atoms with Crippen molar-refractivity contribution in [1.82, 2.24) is 15.1 Å². The Morgan fingerprint density at radius 1 is 1.50 bits per heavy atom. The van der Waals surface area contributed by atoms with E-state index in [0.29, 0.717) is 6.04 Å². The second-order valence-electron chi connectivity index (χ2n) is 4.46. The molecule has 0 spiro atoms. The van der Waals surface area contributed by atoms with Gasteiger partial charge in [0.25, 0.3) is 0 Å². The molecular weight excluding hydrogens is 222 g/mol. The lowest BCUT2D eigenvalue weighted by molar-refractivity contribution is 0.469. The number of hydrogen-bond acceptors (Lipinski definition) is 2. The molecule has 1 N–H and O–H groups in total. The Hall–Kier alpha value is -0.540. The van der Waals surface area contributed by atoms with Crippen molar-refractivity contribution in [2.24, 2.45) is 0 Å². The molecule has 1 unspecified atom stereocenters. The lowest BCUT2D eigenvalue weighted by Gasteiger charge is -2.18. The Bertz CT molecular complexity index is 327. The molecule has 90 valence electrons. The van der Waals surface area contributed by atoms with Gasteiger partial charge in [-0.2, -0.15) is 5.10 Å². The van der Waals surface area contributed by atoms with Crippen molar-refractivity contribution in [2.75, 3.05) is 6.54 Å². The summed E-state index contributed by atoms with van der Waals surface area (Å²) in [5.74, 6) is 0. The maximum Gasteiger partial charge on any atom is 0.0834 e. The van der Waals surface area contributed by atoms with E-state index in [1.165, 1.54) is 31.4 Å². The lowest BCUT2D eigenvalue weighted by atomic mass is 10.1.